The number of nitrogens with zero attached hydrogens (tertiary/aromatic N) is 1. The fourth-order valence-corrected chi connectivity index (χ4v) is 0.640. The number of aliphatic carboxylic acids is 1. The van der Waals surface area contributed by atoms with Crippen LogP contribution in [-0.2, 0) is 4.79 Å². The second-order valence-electron chi connectivity index (χ2n) is 2.87. The van der Waals surface area contributed by atoms with Crippen molar-refractivity contribution in [2.24, 2.45) is 0 Å². The molecule has 0 amide bonds. The van der Waals surface area contributed by atoms with Crippen molar-refractivity contribution in [2.45, 2.75) is 27.2 Å². The molecule has 1 N–H and O–H groups in total. The van der Waals surface area contributed by atoms with Crippen molar-refractivity contribution >= 4 is 5.97 Å². The van der Waals surface area contributed by atoms with Gasteiger partial charge in [-0.15, -0.1) is 0 Å². The summed E-state index contributed by atoms with van der Waals surface area (Å²) in [4.78, 5) is 8.89. The Morgan fingerprint density at radius 3 is 1.92 bits per heavy atom. The van der Waals surface area contributed by atoms with Gasteiger partial charge in [-0.05, 0) is 20.3 Å². The van der Waals surface area contributed by atoms with Crippen molar-refractivity contribution in [3.8, 4) is 0 Å². The van der Waals surface area contributed by atoms with Crippen LogP contribution in [0.15, 0.2) is 0 Å². The summed E-state index contributed by atoms with van der Waals surface area (Å²) in [7, 11) is 1.82. The fourth-order valence-electron chi connectivity index (χ4n) is 0.640. The molecule has 0 aromatic rings. The number of carbonyl (C=O) groups excluding carboxylic acids is 1. The zero-order chi connectivity index (χ0) is 10.2. The lowest BCUT2D eigenvalue weighted by atomic mass is 10.4. The Kier molecular flexibility index (Phi) is 8.21. The Labute approximate surface area is 74.0 Å². The van der Waals surface area contributed by atoms with Gasteiger partial charge in [0.15, 0.2) is 0 Å². The van der Waals surface area contributed by atoms with E-state index in [1.165, 1.54) is 0 Å². The van der Waals surface area contributed by atoms with Crippen LogP contribution in [-0.4, -0.2) is 36.0 Å². The number of hydrogen-bond donors (Lipinski definition) is 1. The van der Waals surface area contributed by atoms with Gasteiger partial charge < -0.3 is 9.90 Å². The van der Waals surface area contributed by atoms with E-state index in [0.717, 1.165) is 26.4 Å². The molecule has 0 aromatic heterocycles. The molecular weight excluding hydrogens is 158 g/mol. The molecule has 0 fully saturated rings. The molecule has 0 bridgehead atoms. The van der Waals surface area contributed by atoms with Gasteiger partial charge >= 0.3 is 0 Å². The Bertz CT molecular complexity index is 119. The molecule has 0 aliphatic rings. The SMILES string of the molecule is CC(=O)[O-].CCC[N+](C)(O)CC. The third-order valence-electron chi connectivity index (χ3n) is 1.39. The summed E-state index contributed by atoms with van der Waals surface area (Å²) in [5, 5.41) is 18.1. The monoisotopic (exact) mass is 177 g/mol. The fraction of sp³-hybridized carbons (Fsp3) is 0.875. The number of carboxylic acids is 1. The average Bonchev–Trinajstić information content (AvgIpc) is 1.86. The highest BCUT2D eigenvalue weighted by Gasteiger charge is 2.11. The lowest BCUT2D eigenvalue weighted by molar-refractivity contribution is -1.09. The van der Waals surface area contributed by atoms with Crippen LogP contribution in [0.3, 0.4) is 0 Å². The average molecular weight is 177 g/mol. The van der Waals surface area contributed by atoms with Gasteiger partial charge in [0, 0.05) is 5.97 Å². The molecule has 0 aromatic carbocycles. The number of hydrogen-bond acceptors (Lipinski definition) is 3. The van der Waals surface area contributed by atoms with E-state index in [-0.39, 0.29) is 4.65 Å². The van der Waals surface area contributed by atoms with Gasteiger partial charge in [0.05, 0.1) is 7.05 Å². The number of carboxylic acid groups (broad SMARTS) is 1. The third-order valence-corrected chi connectivity index (χ3v) is 1.39. The van der Waals surface area contributed by atoms with Crippen molar-refractivity contribution in [2.75, 3.05) is 20.1 Å². The van der Waals surface area contributed by atoms with Crippen LogP contribution in [0.2, 0.25) is 0 Å². The Hall–Kier alpha value is -0.610. The van der Waals surface area contributed by atoms with E-state index < -0.39 is 5.97 Å². The van der Waals surface area contributed by atoms with Crippen molar-refractivity contribution < 1.29 is 19.8 Å². The van der Waals surface area contributed by atoms with Gasteiger partial charge in [-0.25, -0.2) is 5.21 Å². The van der Waals surface area contributed by atoms with Gasteiger partial charge in [0.2, 0.25) is 0 Å². The topological polar surface area (TPSA) is 60.4 Å². The Balaban J connectivity index is 0. The number of rotatable bonds is 3. The summed E-state index contributed by atoms with van der Waals surface area (Å²) in [6.07, 6.45) is 1.04. The smallest absolute Gasteiger partial charge is 0.108 e. The van der Waals surface area contributed by atoms with Crippen LogP contribution in [0.25, 0.3) is 0 Å². The molecule has 1 atom stereocenters. The Morgan fingerprint density at radius 1 is 1.50 bits per heavy atom. The molecule has 4 heteroatoms. The van der Waals surface area contributed by atoms with Gasteiger partial charge in [-0.3, -0.25) is 0 Å². The highest BCUT2D eigenvalue weighted by atomic mass is 16.5. The van der Waals surface area contributed by atoms with E-state index in [1.54, 1.807) is 0 Å². The van der Waals surface area contributed by atoms with Crippen molar-refractivity contribution in [1.82, 2.24) is 0 Å². The highest BCUT2D eigenvalue weighted by Crippen LogP contribution is 1.95. The largest absolute Gasteiger partial charge is 0.550 e. The minimum atomic E-state index is -1.08. The van der Waals surface area contributed by atoms with Crippen LogP contribution in [0.5, 0.6) is 0 Å². The van der Waals surface area contributed by atoms with Crippen molar-refractivity contribution in [3.63, 3.8) is 0 Å². The summed E-state index contributed by atoms with van der Waals surface area (Å²) in [5.74, 6) is -1.08. The van der Waals surface area contributed by atoms with Crippen LogP contribution in [0, 0.1) is 0 Å². The molecule has 0 saturated carbocycles. The minimum absolute atomic E-state index is 0.163. The maximum atomic E-state index is 9.26. The molecule has 74 valence electrons. The maximum absolute atomic E-state index is 9.26. The predicted molar refractivity (Wildman–Crippen MR) is 44.4 cm³/mol. The molecule has 4 nitrogen and oxygen atoms in total. The van der Waals surface area contributed by atoms with E-state index in [9.17, 15) is 5.21 Å². The lowest BCUT2D eigenvalue weighted by Gasteiger charge is -2.22. The molecule has 0 radical (unpaired) electrons. The molecule has 1 unspecified atom stereocenters. The van der Waals surface area contributed by atoms with Gasteiger partial charge in [-0.1, -0.05) is 6.92 Å². The zero-order valence-electron chi connectivity index (χ0n) is 8.33. The summed E-state index contributed by atoms with van der Waals surface area (Å²) in [6, 6.07) is 0. The van der Waals surface area contributed by atoms with Crippen molar-refractivity contribution in [1.29, 1.82) is 0 Å². The van der Waals surface area contributed by atoms with E-state index >= 15 is 0 Å². The first-order valence-electron chi connectivity index (χ1n) is 4.10. The summed E-state index contributed by atoms with van der Waals surface area (Å²) >= 11 is 0. The van der Waals surface area contributed by atoms with E-state index in [4.69, 9.17) is 9.90 Å². The first-order chi connectivity index (χ1) is 5.35. The normalized spacial score (nSPS) is 14.1. The molecule has 0 rings (SSSR count). The molecule has 0 spiro atoms. The molecule has 0 saturated heterocycles. The molecule has 0 heterocycles. The quantitative estimate of drug-likeness (QED) is 0.488. The zero-order valence-corrected chi connectivity index (χ0v) is 8.33. The van der Waals surface area contributed by atoms with Crippen LogP contribution in [0.1, 0.15) is 27.2 Å². The van der Waals surface area contributed by atoms with Crippen LogP contribution >= 0.6 is 0 Å². The Morgan fingerprint density at radius 2 is 1.83 bits per heavy atom. The standard InChI is InChI=1S/C6H16NO.C2H4O2/c1-4-6-7(3,8)5-2;1-2(3)4/h8H,4-6H2,1-3H3;1H3,(H,3,4)/q+1;/p-1. The van der Waals surface area contributed by atoms with Gasteiger partial charge in [-0.2, -0.15) is 4.65 Å². The van der Waals surface area contributed by atoms with Gasteiger partial charge in [0.1, 0.15) is 13.1 Å². The van der Waals surface area contributed by atoms with Gasteiger partial charge in [0.25, 0.3) is 0 Å². The van der Waals surface area contributed by atoms with Crippen molar-refractivity contribution in [3.05, 3.63) is 0 Å². The summed E-state index contributed by atoms with van der Waals surface area (Å²) in [5.41, 5.74) is 0. The minimum Gasteiger partial charge on any atom is -0.550 e. The van der Waals surface area contributed by atoms with Crippen LogP contribution in [0.4, 0.5) is 0 Å². The molecular formula is C8H19NO3. The first-order valence-corrected chi connectivity index (χ1v) is 4.10. The summed E-state index contributed by atoms with van der Waals surface area (Å²) < 4.78 is 0.163. The molecule has 0 aliphatic heterocycles. The third kappa shape index (κ3) is 16.2. The summed E-state index contributed by atoms with van der Waals surface area (Å²) in [6.45, 7) is 6.68. The predicted octanol–water partition coefficient (Wildman–Crippen LogP) is 0.00830. The molecule has 0 aliphatic carbocycles. The second kappa shape index (κ2) is 7.06. The van der Waals surface area contributed by atoms with Crippen LogP contribution < -0.4 is 5.11 Å². The molecule has 12 heavy (non-hydrogen) atoms. The van der Waals surface area contributed by atoms with E-state index in [2.05, 4.69) is 6.92 Å². The number of quaternary nitrogens is 1. The lowest BCUT2D eigenvalue weighted by Crippen LogP contribution is -2.40. The number of hydroxylamine groups is 3. The maximum Gasteiger partial charge on any atom is 0.108 e. The first kappa shape index (κ1) is 13.9. The second-order valence-corrected chi connectivity index (χ2v) is 2.87. The highest BCUT2D eigenvalue weighted by molar-refractivity contribution is 5.60. The van der Waals surface area contributed by atoms with E-state index in [1.807, 2.05) is 14.0 Å². The van der Waals surface area contributed by atoms with E-state index in [0.29, 0.717) is 0 Å². The number of carbonyl (C=O) groups is 1.